The Morgan fingerprint density at radius 1 is 1.29 bits per heavy atom. The summed E-state index contributed by atoms with van der Waals surface area (Å²) in [6, 6.07) is 6.49. The lowest BCUT2D eigenvalue weighted by Crippen LogP contribution is -2.35. The standard InChI is InChI=1S/C15H21FN2OS.ClH/c16-13-4-6-14(7-5-13)20-9-1-8-18-15(19)11-17-10-12-2-3-12;/h4-7,12,17H,1-3,8-11H2,(H,18,19);1H. The molecule has 3 nitrogen and oxygen atoms in total. The molecule has 0 bridgehead atoms. The number of benzene rings is 1. The predicted molar refractivity (Wildman–Crippen MR) is 87.6 cm³/mol. The molecule has 0 aromatic heterocycles. The van der Waals surface area contributed by atoms with Gasteiger partial charge in [-0.2, -0.15) is 0 Å². The fourth-order valence-electron chi connectivity index (χ4n) is 1.80. The van der Waals surface area contributed by atoms with E-state index >= 15 is 0 Å². The van der Waals surface area contributed by atoms with Crippen LogP contribution in [0.25, 0.3) is 0 Å². The van der Waals surface area contributed by atoms with E-state index in [2.05, 4.69) is 10.6 Å². The van der Waals surface area contributed by atoms with E-state index in [0.717, 1.165) is 29.5 Å². The lowest BCUT2D eigenvalue weighted by atomic mass is 10.4. The van der Waals surface area contributed by atoms with Crippen LogP contribution in [0.15, 0.2) is 29.2 Å². The number of halogens is 2. The molecule has 0 unspecified atom stereocenters. The van der Waals surface area contributed by atoms with Crippen LogP contribution in [-0.2, 0) is 4.79 Å². The van der Waals surface area contributed by atoms with Crippen LogP contribution in [0.4, 0.5) is 4.39 Å². The summed E-state index contributed by atoms with van der Waals surface area (Å²) in [5.74, 6) is 1.58. The first-order valence-corrected chi connectivity index (χ1v) is 8.08. The van der Waals surface area contributed by atoms with Crippen molar-refractivity contribution in [2.24, 2.45) is 5.92 Å². The largest absolute Gasteiger partial charge is 0.355 e. The molecule has 1 aromatic carbocycles. The van der Waals surface area contributed by atoms with Crippen molar-refractivity contribution in [1.29, 1.82) is 0 Å². The van der Waals surface area contributed by atoms with Gasteiger partial charge in [-0.25, -0.2) is 4.39 Å². The number of nitrogens with one attached hydrogen (secondary N) is 2. The molecule has 2 rings (SSSR count). The highest BCUT2D eigenvalue weighted by atomic mass is 35.5. The molecule has 1 fully saturated rings. The third-order valence-electron chi connectivity index (χ3n) is 3.14. The smallest absolute Gasteiger partial charge is 0.233 e. The van der Waals surface area contributed by atoms with Crippen LogP contribution in [0.3, 0.4) is 0 Å². The molecule has 0 spiro atoms. The van der Waals surface area contributed by atoms with Crippen molar-refractivity contribution < 1.29 is 9.18 Å². The average Bonchev–Trinajstić information content (AvgIpc) is 3.25. The van der Waals surface area contributed by atoms with Gasteiger partial charge in [0, 0.05) is 11.4 Å². The van der Waals surface area contributed by atoms with Gasteiger partial charge in [0.25, 0.3) is 0 Å². The molecule has 0 atom stereocenters. The van der Waals surface area contributed by atoms with E-state index in [0.29, 0.717) is 13.1 Å². The molecular weight excluding hydrogens is 311 g/mol. The van der Waals surface area contributed by atoms with Gasteiger partial charge in [0.1, 0.15) is 5.82 Å². The molecule has 118 valence electrons. The monoisotopic (exact) mass is 332 g/mol. The van der Waals surface area contributed by atoms with Crippen molar-refractivity contribution in [3.63, 3.8) is 0 Å². The van der Waals surface area contributed by atoms with Crippen LogP contribution < -0.4 is 10.6 Å². The van der Waals surface area contributed by atoms with E-state index in [1.165, 1.54) is 25.0 Å². The van der Waals surface area contributed by atoms with Gasteiger partial charge >= 0.3 is 0 Å². The summed E-state index contributed by atoms with van der Waals surface area (Å²) >= 11 is 1.68. The Morgan fingerprint density at radius 2 is 2.00 bits per heavy atom. The SMILES string of the molecule is Cl.O=C(CNCC1CC1)NCCCSc1ccc(F)cc1. The molecule has 1 aliphatic carbocycles. The van der Waals surface area contributed by atoms with E-state index in [1.54, 1.807) is 23.9 Å². The number of carbonyl (C=O) groups excluding carboxylic acids is 1. The highest BCUT2D eigenvalue weighted by Gasteiger charge is 2.20. The Labute approximate surface area is 135 Å². The highest BCUT2D eigenvalue weighted by molar-refractivity contribution is 7.99. The third-order valence-corrected chi connectivity index (χ3v) is 4.24. The number of carbonyl (C=O) groups is 1. The summed E-state index contributed by atoms with van der Waals surface area (Å²) < 4.78 is 12.7. The second-order valence-electron chi connectivity index (χ2n) is 5.08. The Balaban J connectivity index is 0.00000220. The first-order valence-electron chi connectivity index (χ1n) is 7.10. The Hall–Kier alpha value is -0.780. The zero-order chi connectivity index (χ0) is 14.2. The van der Waals surface area contributed by atoms with E-state index in [1.807, 2.05) is 0 Å². The van der Waals surface area contributed by atoms with Crippen molar-refractivity contribution in [2.75, 3.05) is 25.4 Å². The minimum atomic E-state index is -0.208. The molecule has 2 N–H and O–H groups in total. The summed E-state index contributed by atoms with van der Waals surface area (Å²) in [4.78, 5) is 12.6. The molecule has 1 saturated carbocycles. The van der Waals surface area contributed by atoms with E-state index in [-0.39, 0.29) is 24.1 Å². The van der Waals surface area contributed by atoms with Crippen molar-refractivity contribution in [3.05, 3.63) is 30.1 Å². The highest BCUT2D eigenvalue weighted by Crippen LogP contribution is 2.27. The zero-order valence-corrected chi connectivity index (χ0v) is 13.6. The molecule has 1 amide bonds. The fourth-order valence-corrected chi connectivity index (χ4v) is 2.65. The minimum absolute atomic E-state index is 0. The van der Waals surface area contributed by atoms with Gasteiger partial charge < -0.3 is 10.6 Å². The van der Waals surface area contributed by atoms with Gasteiger partial charge in [0.2, 0.25) is 5.91 Å². The van der Waals surface area contributed by atoms with Crippen LogP contribution in [0.2, 0.25) is 0 Å². The van der Waals surface area contributed by atoms with Crippen LogP contribution >= 0.6 is 24.2 Å². The summed E-state index contributed by atoms with van der Waals surface area (Å²) in [6.07, 6.45) is 3.51. The maximum atomic E-state index is 12.7. The number of rotatable bonds is 9. The van der Waals surface area contributed by atoms with Gasteiger partial charge in [-0.1, -0.05) is 0 Å². The lowest BCUT2D eigenvalue weighted by Gasteiger charge is -2.06. The van der Waals surface area contributed by atoms with Gasteiger partial charge in [-0.05, 0) is 61.7 Å². The Kier molecular flexibility index (Phi) is 8.73. The van der Waals surface area contributed by atoms with Gasteiger partial charge in [0.15, 0.2) is 0 Å². The van der Waals surface area contributed by atoms with E-state index in [9.17, 15) is 9.18 Å². The first kappa shape index (κ1) is 18.3. The Bertz CT molecular complexity index is 426. The summed E-state index contributed by atoms with van der Waals surface area (Å²) in [5.41, 5.74) is 0. The van der Waals surface area contributed by atoms with Gasteiger partial charge in [0.05, 0.1) is 6.54 Å². The van der Waals surface area contributed by atoms with Crippen LogP contribution in [-0.4, -0.2) is 31.3 Å². The second kappa shape index (κ2) is 10.0. The fraction of sp³-hybridized carbons (Fsp3) is 0.533. The van der Waals surface area contributed by atoms with Crippen molar-refractivity contribution in [1.82, 2.24) is 10.6 Å². The number of thioether (sulfide) groups is 1. The van der Waals surface area contributed by atoms with Crippen LogP contribution in [0, 0.1) is 11.7 Å². The number of hydrogen-bond acceptors (Lipinski definition) is 3. The number of hydrogen-bond donors (Lipinski definition) is 2. The first-order chi connectivity index (χ1) is 9.74. The maximum absolute atomic E-state index is 12.7. The molecule has 0 aliphatic heterocycles. The molecular formula is C15H22ClFN2OS. The molecule has 6 heteroatoms. The van der Waals surface area contributed by atoms with E-state index in [4.69, 9.17) is 0 Å². The normalized spacial score (nSPS) is 13.6. The van der Waals surface area contributed by atoms with Crippen LogP contribution in [0.5, 0.6) is 0 Å². The predicted octanol–water partition coefficient (Wildman–Crippen LogP) is 2.85. The molecule has 1 aromatic rings. The molecule has 0 radical (unpaired) electrons. The Morgan fingerprint density at radius 3 is 2.67 bits per heavy atom. The van der Waals surface area contributed by atoms with Crippen molar-refractivity contribution in [3.8, 4) is 0 Å². The molecule has 0 heterocycles. The lowest BCUT2D eigenvalue weighted by molar-refractivity contribution is -0.120. The third kappa shape index (κ3) is 8.29. The van der Waals surface area contributed by atoms with E-state index < -0.39 is 0 Å². The maximum Gasteiger partial charge on any atom is 0.233 e. The molecule has 1 aliphatic rings. The molecule has 0 saturated heterocycles. The average molecular weight is 333 g/mol. The molecule has 21 heavy (non-hydrogen) atoms. The van der Waals surface area contributed by atoms with Crippen molar-refractivity contribution >= 4 is 30.1 Å². The summed E-state index contributed by atoms with van der Waals surface area (Å²) in [7, 11) is 0. The van der Waals surface area contributed by atoms with Gasteiger partial charge in [-0.3, -0.25) is 4.79 Å². The second-order valence-corrected chi connectivity index (χ2v) is 6.25. The van der Waals surface area contributed by atoms with Crippen molar-refractivity contribution in [2.45, 2.75) is 24.2 Å². The van der Waals surface area contributed by atoms with Crippen LogP contribution in [0.1, 0.15) is 19.3 Å². The summed E-state index contributed by atoms with van der Waals surface area (Å²) in [5, 5.41) is 6.06. The zero-order valence-electron chi connectivity index (χ0n) is 11.9. The quantitative estimate of drug-likeness (QED) is 0.539. The summed E-state index contributed by atoms with van der Waals surface area (Å²) in [6.45, 7) is 2.08. The topological polar surface area (TPSA) is 41.1 Å². The minimum Gasteiger partial charge on any atom is -0.355 e. The van der Waals surface area contributed by atoms with Gasteiger partial charge in [-0.15, -0.1) is 24.2 Å². The number of amides is 1.